The predicted molar refractivity (Wildman–Crippen MR) is 94.9 cm³/mol. The summed E-state index contributed by atoms with van der Waals surface area (Å²) in [5, 5.41) is 0.622. The lowest BCUT2D eigenvalue weighted by Crippen LogP contribution is -2.51. The van der Waals surface area contributed by atoms with Crippen LogP contribution in [-0.2, 0) is 16.1 Å². The first-order valence-corrected chi connectivity index (χ1v) is 8.85. The molecule has 0 saturated carbocycles. The fourth-order valence-electron chi connectivity index (χ4n) is 3.19. The first-order chi connectivity index (χ1) is 11.7. The van der Waals surface area contributed by atoms with Crippen LogP contribution in [0.2, 0.25) is 5.02 Å². The average Bonchev–Trinajstić information content (AvgIpc) is 2.53. The van der Waals surface area contributed by atoms with Gasteiger partial charge in [0.2, 0.25) is 0 Å². The summed E-state index contributed by atoms with van der Waals surface area (Å²) in [6.45, 7) is 6.89. The number of carbonyl (C=O) groups excluding carboxylic acids is 2. The third-order valence-corrected chi connectivity index (χ3v) is 4.57. The molecule has 6 nitrogen and oxygen atoms in total. The van der Waals surface area contributed by atoms with Crippen LogP contribution in [0, 0.1) is 0 Å². The Morgan fingerprint density at radius 1 is 1.28 bits per heavy atom. The van der Waals surface area contributed by atoms with Gasteiger partial charge in [-0.05, 0) is 51.8 Å². The monoisotopic (exact) mass is 366 g/mol. The van der Waals surface area contributed by atoms with E-state index in [0.717, 1.165) is 11.3 Å². The van der Waals surface area contributed by atoms with Gasteiger partial charge in [0.25, 0.3) is 0 Å². The van der Waals surface area contributed by atoms with Gasteiger partial charge in [0.15, 0.2) is 0 Å². The predicted octanol–water partition coefficient (Wildman–Crippen LogP) is 4.20. The van der Waals surface area contributed by atoms with Crippen LogP contribution in [0.25, 0.3) is 0 Å². The molecule has 0 spiro atoms. The molecule has 0 radical (unpaired) electrons. The highest BCUT2D eigenvalue weighted by atomic mass is 35.5. The van der Waals surface area contributed by atoms with Crippen LogP contribution in [-0.4, -0.2) is 41.8 Å². The number of benzene rings is 1. The summed E-state index contributed by atoms with van der Waals surface area (Å²) in [5.41, 5.74) is 1.24. The molecule has 2 heterocycles. The molecule has 2 aliphatic heterocycles. The highest BCUT2D eigenvalue weighted by molar-refractivity contribution is 6.30. The van der Waals surface area contributed by atoms with Crippen molar-refractivity contribution in [1.29, 1.82) is 0 Å². The van der Waals surface area contributed by atoms with Crippen LogP contribution in [0.1, 0.15) is 39.2 Å². The summed E-state index contributed by atoms with van der Waals surface area (Å²) in [4.78, 5) is 27.9. The van der Waals surface area contributed by atoms with Crippen LogP contribution in [0.4, 0.5) is 15.3 Å². The fraction of sp³-hybridized carbons (Fsp3) is 0.556. The zero-order chi connectivity index (χ0) is 18.2. The molecular formula is C18H23ClN2O4. The van der Waals surface area contributed by atoms with Crippen LogP contribution in [0.15, 0.2) is 18.2 Å². The molecule has 25 heavy (non-hydrogen) atoms. The second kappa shape index (κ2) is 6.75. The number of anilines is 1. The number of cyclic esters (lactones) is 1. The number of likely N-dealkylation sites (tertiary alicyclic amines) is 1. The van der Waals surface area contributed by atoms with Crippen molar-refractivity contribution in [2.75, 3.05) is 18.0 Å². The summed E-state index contributed by atoms with van der Waals surface area (Å²) in [6, 6.07) is 5.46. The van der Waals surface area contributed by atoms with E-state index in [1.807, 2.05) is 32.9 Å². The summed E-state index contributed by atoms with van der Waals surface area (Å²) in [7, 11) is 0. The smallest absolute Gasteiger partial charge is 0.414 e. The quantitative estimate of drug-likeness (QED) is 0.747. The SMILES string of the molecule is CC(C)(C)OC(=O)N1CCC(N2C(=O)OCc3cc(Cl)ccc32)CC1. The van der Waals surface area contributed by atoms with Crippen LogP contribution >= 0.6 is 11.6 Å². The second-order valence-corrected chi connectivity index (χ2v) is 7.83. The van der Waals surface area contributed by atoms with Crippen molar-refractivity contribution in [2.24, 2.45) is 0 Å². The molecule has 0 aliphatic carbocycles. The second-order valence-electron chi connectivity index (χ2n) is 7.40. The zero-order valence-electron chi connectivity index (χ0n) is 14.8. The van der Waals surface area contributed by atoms with E-state index in [1.165, 1.54) is 0 Å². The Kier molecular flexibility index (Phi) is 4.82. The van der Waals surface area contributed by atoms with E-state index in [0.29, 0.717) is 31.0 Å². The van der Waals surface area contributed by atoms with Crippen molar-refractivity contribution in [1.82, 2.24) is 4.90 Å². The van der Waals surface area contributed by atoms with E-state index in [1.54, 1.807) is 15.9 Å². The zero-order valence-corrected chi connectivity index (χ0v) is 15.5. The number of halogens is 1. The number of fused-ring (bicyclic) bond motifs is 1. The van der Waals surface area contributed by atoms with E-state index < -0.39 is 5.60 Å². The lowest BCUT2D eigenvalue weighted by atomic mass is 10.0. The Hall–Kier alpha value is -1.95. The molecule has 0 bridgehead atoms. The van der Waals surface area contributed by atoms with E-state index in [2.05, 4.69) is 0 Å². The third kappa shape index (κ3) is 4.00. The average molecular weight is 367 g/mol. The van der Waals surface area contributed by atoms with E-state index >= 15 is 0 Å². The van der Waals surface area contributed by atoms with Crippen molar-refractivity contribution in [3.63, 3.8) is 0 Å². The number of hydrogen-bond acceptors (Lipinski definition) is 4. The Labute approximate surface area is 152 Å². The molecule has 136 valence electrons. The van der Waals surface area contributed by atoms with Gasteiger partial charge in [-0.1, -0.05) is 11.6 Å². The minimum absolute atomic E-state index is 0.00795. The van der Waals surface area contributed by atoms with E-state index in [9.17, 15) is 9.59 Å². The summed E-state index contributed by atoms with van der Waals surface area (Å²) in [6.07, 6.45) is 0.706. The highest BCUT2D eigenvalue weighted by Gasteiger charge is 2.36. The van der Waals surface area contributed by atoms with Gasteiger partial charge in [-0.3, -0.25) is 4.90 Å². The molecule has 1 fully saturated rings. The lowest BCUT2D eigenvalue weighted by Gasteiger charge is -2.40. The van der Waals surface area contributed by atoms with Crippen molar-refractivity contribution >= 4 is 29.5 Å². The normalized spacial score (nSPS) is 18.6. The van der Waals surface area contributed by atoms with Gasteiger partial charge in [0.05, 0.1) is 5.69 Å². The molecule has 0 aromatic heterocycles. The summed E-state index contributed by atoms with van der Waals surface area (Å²) < 4.78 is 10.7. The molecule has 7 heteroatoms. The number of rotatable bonds is 1. The molecule has 1 saturated heterocycles. The summed E-state index contributed by atoms with van der Waals surface area (Å²) >= 11 is 6.04. The minimum atomic E-state index is -0.511. The number of piperidine rings is 1. The fourth-order valence-corrected chi connectivity index (χ4v) is 3.39. The first kappa shape index (κ1) is 17.9. The number of hydrogen-bond donors (Lipinski definition) is 0. The standard InChI is InChI=1S/C18H23ClN2O4/c1-18(2,3)25-16(22)20-8-6-14(7-9-20)21-15-5-4-13(19)10-12(15)11-24-17(21)23/h4-5,10,14H,6-9,11H2,1-3H3. The van der Waals surface area contributed by atoms with E-state index in [4.69, 9.17) is 21.1 Å². The molecule has 2 amide bonds. The first-order valence-electron chi connectivity index (χ1n) is 8.47. The van der Waals surface area contributed by atoms with Crippen LogP contribution in [0.5, 0.6) is 0 Å². The van der Waals surface area contributed by atoms with Gasteiger partial charge in [-0.2, -0.15) is 0 Å². The van der Waals surface area contributed by atoms with E-state index in [-0.39, 0.29) is 24.8 Å². The molecule has 0 N–H and O–H groups in total. The van der Waals surface area contributed by atoms with Crippen molar-refractivity contribution in [3.05, 3.63) is 28.8 Å². The van der Waals surface area contributed by atoms with Crippen LogP contribution in [0.3, 0.4) is 0 Å². The maximum absolute atomic E-state index is 12.3. The maximum Gasteiger partial charge on any atom is 0.414 e. The van der Waals surface area contributed by atoms with Crippen LogP contribution < -0.4 is 4.90 Å². The molecule has 0 atom stereocenters. The Morgan fingerprint density at radius 2 is 1.96 bits per heavy atom. The minimum Gasteiger partial charge on any atom is -0.444 e. The van der Waals surface area contributed by atoms with Crippen molar-refractivity contribution in [3.8, 4) is 0 Å². The number of carbonyl (C=O) groups is 2. The highest BCUT2D eigenvalue weighted by Crippen LogP contribution is 2.33. The summed E-state index contributed by atoms with van der Waals surface area (Å²) in [5.74, 6) is 0. The largest absolute Gasteiger partial charge is 0.444 e. The molecule has 1 aromatic rings. The van der Waals surface area contributed by atoms with Gasteiger partial charge < -0.3 is 14.4 Å². The molecule has 1 aromatic carbocycles. The topological polar surface area (TPSA) is 59.1 Å². The number of nitrogens with zero attached hydrogens (tertiary/aromatic N) is 2. The Morgan fingerprint density at radius 3 is 2.60 bits per heavy atom. The molecular weight excluding hydrogens is 344 g/mol. The number of amides is 2. The van der Waals surface area contributed by atoms with Gasteiger partial charge in [-0.15, -0.1) is 0 Å². The van der Waals surface area contributed by atoms with Gasteiger partial charge >= 0.3 is 12.2 Å². The van der Waals surface area contributed by atoms with Crippen molar-refractivity contribution < 1.29 is 19.1 Å². The Bertz CT molecular complexity index is 678. The molecule has 3 rings (SSSR count). The van der Waals surface area contributed by atoms with Crippen molar-refractivity contribution in [2.45, 2.75) is 51.9 Å². The van der Waals surface area contributed by atoms with Gasteiger partial charge in [0.1, 0.15) is 12.2 Å². The molecule has 2 aliphatic rings. The van der Waals surface area contributed by atoms with Gasteiger partial charge in [0, 0.05) is 29.7 Å². The third-order valence-electron chi connectivity index (χ3n) is 4.33. The lowest BCUT2D eigenvalue weighted by molar-refractivity contribution is 0.0204. The number of ether oxygens (including phenoxy) is 2. The molecule has 0 unspecified atom stereocenters. The maximum atomic E-state index is 12.3. The van der Waals surface area contributed by atoms with Gasteiger partial charge in [-0.25, -0.2) is 9.59 Å². The Balaban J connectivity index is 1.69.